The molecule has 0 fully saturated rings. The Labute approximate surface area is 131 Å². The summed E-state index contributed by atoms with van der Waals surface area (Å²) in [6.45, 7) is 0. The molecule has 0 heterocycles. The average Bonchev–Trinajstić information content (AvgIpc) is 2.59. The second-order valence-electron chi connectivity index (χ2n) is 5.48. The molecular weight excluding hydrogens is 288 g/mol. The van der Waals surface area contributed by atoms with Crippen LogP contribution in [0.1, 0.15) is 10.4 Å². The van der Waals surface area contributed by atoms with Crippen molar-refractivity contribution in [1.29, 1.82) is 0 Å². The molecule has 110 valence electrons. The first-order chi connectivity index (χ1) is 11.2. The van der Waals surface area contributed by atoms with Gasteiger partial charge in [0.1, 0.15) is 0 Å². The molecule has 0 atom stereocenters. The van der Waals surface area contributed by atoms with E-state index in [1.165, 1.54) is 0 Å². The minimum Gasteiger partial charge on any atom is -0.475 e. The van der Waals surface area contributed by atoms with Crippen molar-refractivity contribution in [1.82, 2.24) is 0 Å². The van der Waals surface area contributed by atoms with E-state index in [4.69, 9.17) is 5.11 Å². The summed E-state index contributed by atoms with van der Waals surface area (Å²) in [5.74, 6) is -2.31. The van der Waals surface area contributed by atoms with Gasteiger partial charge in [0.15, 0.2) is 0 Å². The van der Waals surface area contributed by atoms with Gasteiger partial charge in [-0.15, -0.1) is 0 Å². The molecule has 3 heteroatoms. The van der Waals surface area contributed by atoms with Gasteiger partial charge in [-0.25, -0.2) is 4.79 Å². The summed E-state index contributed by atoms with van der Waals surface area (Å²) >= 11 is 0. The molecular formula is C20H12O3. The Kier molecular flexibility index (Phi) is 2.88. The van der Waals surface area contributed by atoms with Gasteiger partial charge in [-0.05, 0) is 32.3 Å². The normalized spacial score (nSPS) is 11.1. The van der Waals surface area contributed by atoms with E-state index in [0.717, 1.165) is 26.9 Å². The number of carboxylic acid groups (broad SMARTS) is 1. The first-order valence-electron chi connectivity index (χ1n) is 7.27. The topological polar surface area (TPSA) is 54.4 Å². The molecule has 3 nitrogen and oxygen atoms in total. The zero-order chi connectivity index (χ0) is 16.0. The molecule has 23 heavy (non-hydrogen) atoms. The lowest BCUT2D eigenvalue weighted by molar-refractivity contribution is -0.131. The third kappa shape index (κ3) is 1.98. The van der Waals surface area contributed by atoms with Gasteiger partial charge in [0, 0.05) is 5.56 Å². The Hall–Kier alpha value is -3.20. The number of carbonyl (C=O) groups is 2. The first-order valence-corrected chi connectivity index (χ1v) is 7.27. The highest BCUT2D eigenvalue weighted by molar-refractivity contribution is 6.42. The lowest BCUT2D eigenvalue weighted by Gasteiger charge is -2.09. The van der Waals surface area contributed by atoms with Gasteiger partial charge in [0.05, 0.1) is 0 Å². The maximum Gasteiger partial charge on any atom is 0.377 e. The van der Waals surface area contributed by atoms with Crippen LogP contribution in [-0.2, 0) is 4.79 Å². The highest BCUT2D eigenvalue weighted by Crippen LogP contribution is 2.32. The summed E-state index contributed by atoms with van der Waals surface area (Å²) in [5, 5.41) is 15.0. The molecule has 0 aliphatic rings. The highest BCUT2D eigenvalue weighted by atomic mass is 16.4. The van der Waals surface area contributed by atoms with Crippen molar-refractivity contribution < 1.29 is 14.7 Å². The van der Waals surface area contributed by atoms with Crippen molar-refractivity contribution in [3.63, 3.8) is 0 Å². The van der Waals surface area contributed by atoms with Crippen LogP contribution >= 0.6 is 0 Å². The number of carboxylic acids is 1. The van der Waals surface area contributed by atoms with Crippen LogP contribution in [0.15, 0.2) is 66.7 Å². The molecule has 4 rings (SSSR count). The van der Waals surface area contributed by atoms with Gasteiger partial charge < -0.3 is 5.11 Å². The van der Waals surface area contributed by atoms with Gasteiger partial charge >= 0.3 is 5.97 Å². The Morgan fingerprint density at radius 1 is 0.609 bits per heavy atom. The van der Waals surface area contributed by atoms with E-state index < -0.39 is 11.8 Å². The summed E-state index contributed by atoms with van der Waals surface area (Å²) in [6, 6.07) is 21.2. The van der Waals surface area contributed by atoms with E-state index in [1.807, 2.05) is 42.5 Å². The summed E-state index contributed by atoms with van der Waals surface area (Å²) in [5.41, 5.74) is 0.227. The SMILES string of the molecule is O=C(O)C(=O)c1cccc2c1ccc1c3ccccc3ccc21. The first kappa shape index (κ1) is 13.5. The van der Waals surface area contributed by atoms with E-state index in [-0.39, 0.29) is 5.56 Å². The molecule has 0 aliphatic heterocycles. The van der Waals surface area contributed by atoms with Crippen molar-refractivity contribution in [2.24, 2.45) is 0 Å². The number of hydrogen-bond donors (Lipinski definition) is 1. The van der Waals surface area contributed by atoms with E-state index in [2.05, 4.69) is 12.1 Å². The van der Waals surface area contributed by atoms with E-state index in [0.29, 0.717) is 5.39 Å². The lowest BCUT2D eigenvalue weighted by atomic mass is 9.94. The standard InChI is InChI=1S/C20H12O3/c21-19(20(22)23)18-7-3-6-14-16-9-8-12-4-1-2-5-13(12)15(16)10-11-17(14)18/h1-11H,(H,22,23). The Morgan fingerprint density at radius 3 is 2.04 bits per heavy atom. The van der Waals surface area contributed by atoms with Crippen LogP contribution in [-0.4, -0.2) is 16.9 Å². The molecule has 4 aromatic carbocycles. The van der Waals surface area contributed by atoms with E-state index >= 15 is 0 Å². The number of rotatable bonds is 2. The van der Waals surface area contributed by atoms with E-state index in [9.17, 15) is 9.59 Å². The van der Waals surface area contributed by atoms with Crippen LogP contribution in [0.4, 0.5) is 0 Å². The van der Waals surface area contributed by atoms with Crippen LogP contribution in [0.3, 0.4) is 0 Å². The second kappa shape index (κ2) is 4.92. The van der Waals surface area contributed by atoms with Gasteiger partial charge in [0.2, 0.25) is 0 Å². The number of hydrogen-bond acceptors (Lipinski definition) is 2. The van der Waals surface area contributed by atoms with E-state index in [1.54, 1.807) is 12.1 Å². The van der Waals surface area contributed by atoms with Crippen LogP contribution in [0.2, 0.25) is 0 Å². The van der Waals surface area contributed by atoms with Gasteiger partial charge in [0.25, 0.3) is 5.78 Å². The fourth-order valence-corrected chi connectivity index (χ4v) is 3.17. The maximum atomic E-state index is 11.9. The number of ketones is 1. The molecule has 0 amide bonds. The van der Waals surface area contributed by atoms with Crippen molar-refractivity contribution >= 4 is 44.1 Å². The minimum atomic E-state index is -1.43. The monoisotopic (exact) mass is 300 g/mol. The Balaban J connectivity index is 2.14. The highest BCUT2D eigenvalue weighted by Gasteiger charge is 2.18. The van der Waals surface area contributed by atoms with Crippen molar-refractivity contribution in [3.05, 3.63) is 72.3 Å². The third-order valence-corrected chi connectivity index (χ3v) is 4.22. The number of aliphatic carboxylic acids is 1. The summed E-state index contributed by atoms with van der Waals surface area (Å²) < 4.78 is 0. The van der Waals surface area contributed by atoms with Crippen molar-refractivity contribution in [2.75, 3.05) is 0 Å². The van der Waals surface area contributed by atoms with Crippen molar-refractivity contribution in [2.45, 2.75) is 0 Å². The second-order valence-corrected chi connectivity index (χ2v) is 5.48. The van der Waals surface area contributed by atoms with Gasteiger partial charge in [-0.3, -0.25) is 4.79 Å². The van der Waals surface area contributed by atoms with Gasteiger partial charge in [-0.1, -0.05) is 66.7 Å². The predicted molar refractivity (Wildman–Crippen MR) is 90.9 cm³/mol. The lowest BCUT2D eigenvalue weighted by Crippen LogP contribution is -2.12. The molecule has 0 aliphatic carbocycles. The zero-order valence-corrected chi connectivity index (χ0v) is 12.1. The van der Waals surface area contributed by atoms with Crippen LogP contribution in [0, 0.1) is 0 Å². The fourth-order valence-electron chi connectivity index (χ4n) is 3.17. The number of fused-ring (bicyclic) bond motifs is 5. The number of benzene rings is 4. The summed E-state index contributed by atoms with van der Waals surface area (Å²) in [6.07, 6.45) is 0. The Morgan fingerprint density at radius 2 is 1.22 bits per heavy atom. The number of Topliss-reactive ketones (excluding diaryl/α,β-unsaturated/α-hetero) is 1. The molecule has 0 saturated carbocycles. The zero-order valence-electron chi connectivity index (χ0n) is 12.1. The Bertz CT molecular complexity index is 1110. The molecule has 1 N–H and O–H groups in total. The smallest absolute Gasteiger partial charge is 0.377 e. The quantitative estimate of drug-likeness (QED) is 0.339. The molecule has 4 aromatic rings. The molecule has 0 aromatic heterocycles. The van der Waals surface area contributed by atoms with Crippen LogP contribution in [0.5, 0.6) is 0 Å². The molecule has 0 spiro atoms. The maximum absolute atomic E-state index is 11.9. The molecule has 0 bridgehead atoms. The average molecular weight is 300 g/mol. The molecule has 0 unspecified atom stereocenters. The largest absolute Gasteiger partial charge is 0.475 e. The molecule has 0 saturated heterocycles. The van der Waals surface area contributed by atoms with Gasteiger partial charge in [-0.2, -0.15) is 0 Å². The minimum absolute atomic E-state index is 0.227. The third-order valence-electron chi connectivity index (χ3n) is 4.22. The summed E-state index contributed by atoms with van der Waals surface area (Å²) in [4.78, 5) is 22.9. The van der Waals surface area contributed by atoms with Crippen molar-refractivity contribution in [3.8, 4) is 0 Å². The number of carbonyl (C=O) groups excluding carboxylic acids is 1. The van der Waals surface area contributed by atoms with Crippen LogP contribution < -0.4 is 0 Å². The fraction of sp³-hybridized carbons (Fsp3) is 0. The predicted octanol–water partition coefficient (Wildman–Crippen LogP) is 4.41. The van der Waals surface area contributed by atoms with Crippen LogP contribution in [0.25, 0.3) is 32.3 Å². The molecule has 0 radical (unpaired) electrons. The summed E-state index contributed by atoms with van der Waals surface area (Å²) in [7, 11) is 0.